The summed E-state index contributed by atoms with van der Waals surface area (Å²) in [7, 11) is 0. The third kappa shape index (κ3) is 1.98. The molecule has 0 aliphatic rings. The second kappa shape index (κ2) is 3.87. The fourth-order valence-electron chi connectivity index (χ4n) is 1.34. The highest BCUT2D eigenvalue weighted by atomic mass is 16.1. The van der Waals surface area contributed by atoms with Crippen molar-refractivity contribution in [3.63, 3.8) is 0 Å². The summed E-state index contributed by atoms with van der Waals surface area (Å²) in [6, 6.07) is 7.09. The number of nitrogens with two attached hydrogens (primary N) is 1. The molecule has 0 saturated carbocycles. The lowest BCUT2D eigenvalue weighted by Gasteiger charge is -2.02. The van der Waals surface area contributed by atoms with Crippen molar-refractivity contribution in [2.75, 3.05) is 0 Å². The summed E-state index contributed by atoms with van der Waals surface area (Å²) < 4.78 is 0. The normalized spacial score (nSPS) is 10.1. The van der Waals surface area contributed by atoms with Crippen LogP contribution in [0, 0.1) is 0 Å². The van der Waals surface area contributed by atoms with Gasteiger partial charge in [-0.2, -0.15) is 5.21 Å². The van der Waals surface area contributed by atoms with Crippen LogP contribution in [0.1, 0.15) is 21.7 Å². The second-order valence-electron chi connectivity index (χ2n) is 3.03. The molecule has 1 amide bonds. The second-order valence-corrected chi connectivity index (χ2v) is 3.03. The van der Waals surface area contributed by atoms with Crippen molar-refractivity contribution < 1.29 is 4.79 Å². The molecule has 0 saturated heterocycles. The highest BCUT2D eigenvalue weighted by Gasteiger charge is 2.09. The van der Waals surface area contributed by atoms with Gasteiger partial charge < -0.3 is 5.73 Å². The van der Waals surface area contributed by atoms with E-state index in [4.69, 9.17) is 5.73 Å². The quantitative estimate of drug-likeness (QED) is 0.727. The number of nitrogens with zero attached hydrogens (tertiary/aromatic N) is 3. The molecular weight excluding hydrogens is 194 g/mol. The van der Waals surface area contributed by atoms with Gasteiger partial charge in [-0.25, -0.2) is 0 Å². The Bertz CT molecular complexity index is 465. The molecular formula is C9H9N5O. The molecule has 3 N–H and O–H groups in total. The Hall–Kier alpha value is -2.24. The topological polar surface area (TPSA) is 97.5 Å². The van der Waals surface area contributed by atoms with Gasteiger partial charge in [0, 0.05) is 12.0 Å². The van der Waals surface area contributed by atoms with Crippen molar-refractivity contribution in [3.05, 3.63) is 41.2 Å². The van der Waals surface area contributed by atoms with E-state index in [1.54, 1.807) is 12.1 Å². The summed E-state index contributed by atoms with van der Waals surface area (Å²) >= 11 is 0. The third-order valence-electron chi connectivity index (χ3n) is 2.02. The summed E-state index contributed by atoms with van der Waals surface area (Å²) in [5.74, 6) is 0.0813. The van der Waals surface area contributed by atoms with Gasteiger partial charge in [0.2, 0.25) is 5.91 Å². The number of aromatic nitrogens is 4. The predicted molar refractivity (Wildman–Crippen MR) is 51.9 cm³/mol. The molecule has 1 aromatic heterocycles. The van der Waals surface area contributed by atoms with Gasteiger partial charge in [-0.1, -0.05) is 23.4 Å². The molecule has 0 radical (unpaired) electrons. The molecule has 0 aliphatic heterocycles. The van der Waals surface area contributed by atoms with Crippen molar-refractivity contribution in [3.8, 4) is 0 Å². The van der Waals surface area contributed by atoms with Crippen LogP contribution in [-0.4, -0.2) is 26.5 Å². The van der Waals surface area contributed by atoms with Gasteiger partial charge in [0.25, 0.3) is 0 Å². The monoisotopic (exact) mass is 203 g/mol. The lowest BCUT2D eigenvalue weighted by Crippen LogP contribution is -2.14. The van der Waals surface area contributed by atoms with Crippen molar-refractivity contribution in [1.82, 2.24) is 20.6 Å². The zero-order valence-electron chi connectivity index (χ0n) is 7.84. The van der Waals surface area contributed by atoms with Gasteiger partial charge in [0.15, 0.2) is 5.82 Å². The number of nitrogens with one attached hydrogen (secondary N) is 1. The number of hydrogen-bond acceptors (Lipinski definition) is 4. The number of hydrogen-bond donors (Lipinski definition) is 2. The van der Waals surface area contributed by atoms with Crippen LogP contribution in [0.15, 0.2) is 24.3 Å². The molecule has 6 nitrogen and oxygen atoms in total. The number of primary amides is 1. The summed E-state index contributed by atoms with van der Waals surface area (Å²) in [6.07, 6.45) is 0.440. The van der Waals surface area contributed by atoms with E-state index in [1.807, 2.05) is 12.1 Å². The Labute approximate surface area is 85.5 Å². The van der Waals surface area contributed by atoms with Crippen LogP contribution in [0.2, 0.25) is 0 Å². The Balaban J connectivity index is 2.32. The molecule has 6 heteroatoms. The number of tetrazole rings is 1. The first-order valence-electron chi connectivity index (χ1n) is 4.37. The first kappa shape index (κ1) is 9.32. The van der Waals surface area contributed by atoms with E-state index in [-0.39, 0.29) is 0 Å². The number of rotatable bonds is 3. The minimum atomic E-state index is -0.450. The highest BCUT2D eigenvalue weighted by molar-refractivity contribution is 5.94. The molecule has 15 heavy (non-hydrogen) atoms. The minimum absolute atomic E-state index is 0.440. The standard InChI is InChI=1S/C9H9N5O/c10-9(15)7-4-2-1-3-6(7)5-8-11-13-14-12-8/h1-4H,5H2,(H2,10,15)(H,11,12,13,14). The van der Waals surface area contributed by atoms with E-state index >= 15 is 0 Å². The van der Waals surface area contributed by atoms with Crippen molar-refractivity contribution in [2.45, 2.75) is 6.42 Å². The van der Waals surface area contributed by atoms with Gasteiger partial charge in [0.1, 0.15) is 0 Å². The minimum Gasteiger partial charge on any atom is -0.366 e. The van der Waals surface area contributed by atoms with Gasteiger partial charge in [-0.3, -0.25) is 4.79 Å². The molecule has 76 valence electrons. The first-order valence-corrected chi connectivity index (χ1v) is 4.37. The van der Waals surface area contributed by atoms with E-state index in [0.29, 0.717) is 17.8 Å². The van der Waals surface area contributed by atoms with Crippen LogP contribution in [0.5, 0.6) is 0 Å². The maximum absolute atomic E-state index is 11.1. The number of carbonyl (C=O) groups is 1. The lowest BCUT2D eigenvalue weighted by molar-refractivity contribution is 0.0999. The third-order valence-corrected chi connectivity index (χ3v) is 2.02. The molecule has 0 spiro atoms. The smallest absolute Gasteiger partial charge is 0.248 e. The van der Waals surface area contributed by atoms with Crippen molar-refractivity contribution in [1.29, 1.82) is 0 Å². The van der Waals surface area contributed by atoms with Crippen molar-refractivity contribution in [2.24, 2.45) is 5.73 Å². The van der Waals surface area contributed by atoms with E-state index in [2.05, 4.69) is 20.6 Å². The van der Waals surface area contributed by atoms with E-state index in [9.17, 15) is 4.79 Å². The predicted octanol–water partition coefficient (Wildman–Crippen LogP) is -0.111. The van der Waals surface area contributed by atoms with Gasteiger partial charge in [0.05, 0.1) is 0 Å². The summed E-state index contributed by atoms with van der Waals surface area (Å²) in [6.45, 7) is 0. The average Bonchev–Trinajstić information content (AvgIpc) is 2.71. The summed E-state index contributed by atoms with van der Waals surface area (Å²) in [5.41, 5.74) is 6.53. The molecule has 0 atom stereocenters. The maximum Gasteiger partial charge on any atom is 0.248 e. The van der Waals surface area contributed by atoms with E-state index < -0.39 is 5.91 Å². The average molecular weight is 203 g/mol. The van der Waals surface area contributed by atoms with Gasteiger partial charge >= 0.3 is 0 Å². The van der Waals surface area contributed by atoms with E-state index in [0.717, 1.165) is 5.56 Å². The zero-order valence-corrected chi connectivity index (χ0v) is 7.84. The fraction of sp³-hybridized carbons (Fsp3) is 0.111. The molecule has 0 unspecified atom stereocenters. The summed E-state index contributed by atoms with van der Waals surface area (Å²) in [5, 5.41) is 13.4. The largest absolute Gasteiger partial charge is 0.366 e. The molecule has 1 heterocycles. The number of H-pyrrole nitrogens is 1. The highest BCUT2D eigenvalue weighted by Crippen LogP contribution is 2.10. The molecule has 0 bridgehead atoms. The first-order chi connectivity index (χ1) is 7.27. The van der Waals surface area contributed by atoms with E-state index in [1.165, 1.54) is 0 Å². The van der Waals surface area contributed by atoms with Crippen molar-refractivity contribution >= 4 is 5.91 Å². The SMILES string of the molecule is NC(=O)c1ccccc1Cc1nn[nH]n1. The lowest BCUT2D eigenvalue weighted by atomic mass is 10.0. The number of benzene rings is 1. The number of carbonyl (C=O) groups excluding carboxylic acids is 1. The molecule has 2 aromatic rings. The molecule has 1 aromatic carbocycles. The molecule has 2 rings (SSSR count). The fourth-order valence-corrected chi connectivity index (χ4v) is 1.34. The van der Waals surface area contributed by atoms with Crippen LogP contribution in [0.25, 0.3) is 0 Å². The molecule has 0 aliphatic carbocycles. The maximum atomic E-state index is 11.1. The summed E-state index contributed by atoms with van der Waals surface area (Å²) in [4.78, 5) is 11.1. The van der Waals surface area contributed by atoms with Crippen LogP contribution in [-0.2, 0) is 6.42 Å². The zero-order chi connectivity index (χ0) is 10.7. The van der Waals surface area contributed by atoms with Gasteiger partial charge in [-0.15, -0.1) is 10.2 Å². The molecule has 0 fully saturated rings. The Morgan fingerprint density at radius 2 is 2.20 bits per heavy atom. The van der Waals surface area contributed by atoms with Crippen LogP contribution in [0.4, 0.5) is 0 Å². The Morgan fingerprint density at radius 1 is 1.40 bits per heavy atom. The van der Waals surface area contributed by atoms with Crippen LogP contribution >= 0.6 is 0 Å². The van der Waals surface area contributed by atoms with Crippen LogP contribution < -0.4 is 5.73 Å². The number of amides is 1. The van der Waals surface area contributed by atoms with Crippen LogP contribution in [0.3, 0.4) is 0 Å². The Kier molecular flexibility index (Phi) is 2.40. The Morgan fingerprint density at radius 3 is 2.87 bits per heavy atom. The van der Waals surface area contributed by atoms with Gasteiger partial charge in [-0.05, 0) is 11.6 Å². The number of aromatic amines is 1.